The summed E-state index contributed by atoms with van der Waals surface area (Å²) in [7, 11) is 0. The van der Waals surface area contributed by atoms with Crippen LogP contribution >= 0.6 is 0 Å². The molecule has 0 amide bonds. The molecule has 104 valence electrons. The highest BCUT2D eigenvalue weighted by Gasteiger charge is 2.18. The van der Waals surface area contributed by atoms with E-state index in [4.69, 9.17) is 0 Å². The average molecular weight is 270 g/mol. The standard InChI is InChI=1S/C16H18N2O2/c1-4-18(10-11(2)3)15-13(16(19)20)9-12-7-5-6-8-14(12)17-15/h5-9H,2,4,10H2,1,3H3,(H,19,20). The van der Waals surface area contributed by atoms with Gasteiger partial charge in [0.1, 0.15) is 11.4 Å². The van der Waals surface area contributed by atoms with Gasteiger partial charge in [-0.1, -0.05) is 30.4 Å². The maximum atomic E-state index is 11.5. The van der Waals surface area contributed by atoms with Gasteiger partial charge in [-0.15, -0.1) is 0 Å². The topological polar surface area (TPSA) is 53.4 Å². The number of aromatic nitrogens is 1. The van der Waals surface area contributed by atoms with E-state index in [1.54, 1.807) is 6.07 Å². The fourth-order valence-corrected chi connectivity index (χ4v) is 2.17. The molecule has 2 aromatic rings. The Morgan fingerprint density at radius 1 is 1.40 bits per heavy atom. The lowest BCUT2D eigenvalue weighted by molar-refractivity contribution is 0.0697. The number of carboxylic acids is 1. The monoisotopic (exact) mass is 270 g/mol. The minimum absolute atomic E-state index is 0.229. The zero-order valence-electron chi connectivity index (χ0n) is 11.8. The van der Waals surface area contributed by atoms with Gasteiger partial charge in [-0.3, -0.25) is 0 Å². The molecule has 0 saturated carbocycles. The van der Waals surface area contributed by atoms with Crippen molar-refractivity contribution in [2.75, 3.05) is 18.0 Å². The Labute approximate surface area is 118 Å². The second-order valence-corrected chi connectivity index (χ2v) is 4.83. The summed E-state index contributed by atoms with van der Waals surface area (Å²) in [5.41, 5.74) is 2.00. The van der Waals surface area contributed by atoms with Gasteiger partial charge in [-0.2, -0.15) is 0 Å². The summed E-state index contributed by atoms with van der Waals surface area (Å²) in [4.78, 5) is 17.9. The number of carboxylic acid groups (broad SMARTS) is 1. The summed E-state index contributed by atoms with van der Waals surface area (Å²) >= 11 is 0. The molecule has 0 bridgehead atoms. The van der Waals surface area contributed by atoms with E-state index in [0.717, 1.165) is 16.5 Å². The molecule has 1 heterocycles. The molecule has 1 aromatic carbocycles. The third kappa shape index (κ3) is 2.79. The van der Waals surface area contributed by atoms with E-state index < -0.39 is 5.97 Å². The van der Waals surface area contributed by atoms with Crippen LogP contribution in [-0.4, -0.2) is 29.1 Å². The number of hydrogen-bond acceptors (Lipinski definition) is 3. The number of carbonyl (C=O) groups is 1. The van der Waals surface area contributed by atoms with E-state index in [-0.39, 0.29) is 5.56 Å². The van der Waals surface area contributed by atoms with Crippen LogP contribution < -0.4 is 4.90 Å². The Kier molecular flexibility index (Phi) is 4.03. The number of hydrogen-bond donors (Lipinski definition) is 1. The van der Waals surface area contributed by atoms with Crippen molar-refractivity contribution in [3.8, 4) is 0 Å². The molecular formula is C16H18N2O2. The predicted molar refractivity (Wildman–Crippen MR) is 81.4 cm³/mol. The van der Waals surface area contributed by atoms with E-state index in [9.17, 15) is 9.90 Å². The minimum Gasteiger partial charge on any atom is -0.478 e. The number of benzene rings is 1. The number of pyridine rings is 1. The summed E-state index contributed by atoms with van der Waals surface area (Å²) in [5, 5.41) is 10.2. The van der Waals surface area contributed by atoms with Crippen molar-refractivity contribution in [2.24, 2.45) is 0 Å². The highest BCUT2D eigenvalue weighted by molar-refractivity contribution is 5.98. The molecule has 0 radical (unpaired) electrons. The van der Waals surface area contributed by atoms with Crippen LogP contribution in [0.5, 0.6) is 0 Å². The maximum Gasteiger partial charge on any atom is 0.339 e. The maximum absolute atomic E-state index is 11.5. The molecule has 4 heteroatoms. The van der Waals surface area contributed by atoms with Gasteiger partial charge in [0.05, 0.1) is 5.52 Å². The van der Waals surface area contributed by atoms with Gasteiger partial charge in [0.15, 0.2) is 0 Å². The van der Waals surface area contributed by atoms with Crippen LogP contribution in [0.25, 0.3) is 10.9 Å². The molecule has 2 rings (SSSR count). The van der Waals surface area contributed by atoms with Crippen LogP contribution in [0.2, 0.25) is 0 Å². The first kappa shape index (κ1) is 14.1. The van der Waals surface area contributed by atoms with Gasteiger partial charge in [0, 0.05) is 18.5 Å². The van der Waals surface area contributed by atoms with Gasteiger partial charge < -0.3 is 10.0 Å². The molecule has 1 N–H and O–H groups in total. The lowest BCUT2D eigenvalue weighted by Gasteiger charge is -2.24. The van der Waals surface area contributed by atoms with Gasteiger partial charge in [0.25, 0.3) is 0 Å². The average Bonchev–Trinajstić information content (AvgIpc) is 2.43. The summed E-state index contributed by atoms with van der Waals surface area (Å²) < 4.78 is 0. The minimum atomic E-state index is -0.960. The Bertz CT molecular complexity index is 665. The zero-order chi connectivity index (χ0) is 14.7. The van der Waals surface area contributed by atoms with E-state index in [2.05, 4.69) is 11.6 Å². The lowest BCUT2D eigenvalue weighted by atomic mass is 10.1. The zero-order valence-corrected chi connectivity index (χ0v) is 11.8. The van der Waals surface area contributed by atoms with Crippen molar-refractivity contribution in [1.29, 1.82) is 0 Å². The largest absolute Gasteiger partial charge is 0.478 e. The van der Waals surface area contributed by atoms with Crippen molar-refractivity contribution in [3.05, 3.63) is 48.0 Å². The van der Waals surface area contributed by atoms with Crippen LogP contribution in [0.1, 0.15) is 24.2 Å². The summed E-state index contributed by atoms with van der Waals surface area (Å²) in [6, 6.07) is 9.21. The molecular weight excluding hydrogens is 252 g/mol. The number of nitrogens with zero attached hydrogens (tertiary/aromatic N) is 2. The Hall–Kier alpha value is -2.36. The summed E-state index contributed by atoms with van der Waals surface area (Å²) in [5.74, 6) is -0.458. The quantitative estimate of drug-likeness (QED) is 0.847. The Morgan fingerprint density at radius 2 is 2.10 bits per heavy atom. The predicted octanol–water partition coefficient (Wildman–Crippen LogP) is 3.34. The van der Waals surface area contributed by atoms with Gasteiger partial charge in [0.2, 0.25) is 0 Å². The molecule has 0 aliphatic heterocycles. The summed E-state index contributed by atoms with van der Waals surface area (Å²) in [6.07, 6.45) is 0. The summed E-state index contributed by atoms with van der Waals surface area (Å²) in [6.45, 7) is 9.07. The molecule has 0 aliphatic rings. The fourth-order valence-electron chi connectivity index (χ4n) is 2.17. The first-order chi connectivity index (χ1) is 9.52. The second-order valence-electron chi connectivity index (χ2n) is 4.83. The molecule has 0 aliphatic carbocycles. The normalized spacial score (nSPS) is 10.5. The molecule has 0 spiro atoms. The van der Waals surface area contributed by atoms with E-state index >= 15 is 0 Å². The van der Waals surface area contributed by atoms with E-state index in [0.29, 0.717) is 18.9 Å². The first-order valence-electron chi connectivity index (χ1n) is 6.55. The smallest absolute Gasteiger partial charge is 0.339 e. The molecule has 0 unspecified atom stereocenters. The van der Waals surface area contributed by atoms with E-state index in [1.807, 2.05) is 43.0 Å². The number of fused-ring (bicyclic) bond motifs is 1. The van der Waals surface area contributed by atoms with Crippen LogP contribution in [0.3, 0.4) is 0 Å². The Balaban J connectivity index is 2.61. The Morgan fingerprint density at radius 3 is 2.70 bits per heavy atom. The first-order valence-corrected chi connectivity index (χ1v) is 6.55. The molecule has 20 heavy (non-hydrogen) atoms. The SMILES string of the molecule is C=C(C)CN(CC)c1nc2ccccc2cc1C(=O)O. The van der Waals surface area contributed by atoms with Gasteiger partial charge >= 0.3 is 5.97 Å². The number of anilines is 1. The number of likely N-dealkylation sites (N-methyl/N-ethyl adjacent to an activating group) is 1. The van der Waals surface area contributed by atoms with Crippen LogP contribution in [0.4, 0.5) is 5.82 Å². The van der Waals surface area contributed by atoms with Crippen molar-refractivity contribution in [1.82, 2.24) is 4.98 Å². The molecule has 1 aromatic heterocycles. The van der Waals surface area contributed by atoms with Gasteiger partial charge in [-0.05, 0) is 26.0 Å². The second kappa shape index (κ2) is 5.74. The lowest BCUT2D eigenvalue weighted by Crippen LogP contribution is -2.27. The van der Waals surface area contributed by atoms with Crippen LogP contribution in [-0.2, 0) is 0 Å². The van der Waals surface area contributed by atoms with E-state index in [1.165, 1.54) is 0 Å². The highest BCUT2D eigenvalue weighted by Crippen LogP contribution is 2.24. The highest BCUT2D eigenvalue weighted by atomic mass is 16.4. The third-order valence-electron chi connectivity index (χ3n) is 3.08. The third-order valence-corrected chi connectivity index (χ3v) is 3.08. The molecule has 4 nitrogen and oxygen atoms in total. The van der Waals surface area contributed by atoms with Crippen LogP contribution in [0, 0.1) is 0 Å². The number of rotatable bonds is 5. The van der Waals surface area contributed by atoms with Crippen molar-refractivity contribution in [2.45, 2.75) is 13.8 Å². The molecule has 0 atom stereocenters. The number of aromatic carboxylic acids is 1. The van der Waals surface area contributed by atoms with Crippen molar-refractivity contribution in [3.63, 3.8) is 0 Å². The van der Waals surface area contributed by atoms with Crippen LogP contribution in [0.15, 0.2) is 42.5 Å². The molecule has 0 saturated heterocycles. The number of para-hydroxylation sites is 1. The van der Waals surface area contributed by atoms with Crippen molar-refractivity contribution < 1.29 is 9.90 Å². The van der Waals surface area contributed by atoms with Gasteiger partial charge in [-0.25, -0.2) is 9.78 Å². The molecule has 0 fully saturated rings. The fraction of sp³-hybridized carbons (Fsp3) is 0.250. The van der Waals surface area contributed by atoms with Crippen molar-refractivity contribution >= 4 is 22.7 Å².